The van der Waals surface area contributed by atoms with Gasteiger partial charge in [-0.15, -0.1) is 0 Å². The minimum Gasteiger partial charge on any atom is -0.493 e. The summed E-state index contributed by atoms with van der Waals surface area (Å²) in [6.07, 6.45) is 3.34. The molecule has 2 aliphatic heterocycles. The third-order valence-corrected chi connectivity index (χ3v) is 2.19. The van der Waals surface area contributed by atoms with Gasteiger partial charge in [-0.05, 0) is 0 Å². The van der Waals surface area contributed by atoms with Crippen LogP contribution in [-0.4, -0.2) is 43.9 Å². The van der Waals surface area contributed by atoms with Crippen molar-refractivity contribution in [1.82, 2.24) is 10.2 Å². The van der Waals surface area contributed by atoms with Crippen LogP contribution in [-0.2, 0) is 9.47 Å². The third kappa shape index (κ3) is 1.70. The highest BCUT2D eigenvalue weighted by molar-refractivity contribution is 4.77. The average molecular weight is 170 g/mol. The van der Waals surface area contributed by atoms with E-state index in [-0.39, 0.29) is 6.23 Å². The lowest BCUT2D eigenvalue weighted by molar-refractivity contribution is -0.0726. The molecule has 0 aliphatic carbocycles. The zero-order valence-electron chi connectivity index (χ0n) is 7.03. The molecular formula is C8H14N2O2. The molecule has 0 spiro atoms. The van der Waals surface area contributed by atoms with Crippen LogP contribution in [0.4, 0.5) is 0 Å². The van der Waals surface area contributed by atoms with Crippen molar-refractivity contribution >= 4 is 0 Å². The van der Waals surface area contributed by atoms with Crippen LogP contribution in [0.15, 0.2) is 12.5 Å². The zero-order chi connectivity index (χ0) is 8.23. The molecule has 68 valence electrons. The molecule has 4 heteroatoms. The van der Waals surface area contributed by atoms with Crippen LogP contribution >= 0.6 is 0 Å². The molecule has 0 aromatic carbocycles. The second-order valence-corrected chi connectivity index (χ2v) is 2.98. The van der Waals surface area contributed by atoms with Crippen LogP contribution in [0.1, 0.15) is 0 Å². The second-order valence-electron chi connectivity index (χ2n) is 2.98. The number of rotatable bonds is 1. The predicted octanol–water partition coefficient (Wildman–Crippen LogP) is -0.264. The van der Waals surface area contributed by atoms with Crippen molar-refractivity contribution in [3.63, 3.8) is 0 Å². The summed E-state index contributed by atoms with van der Waals surface area (Å²) in [4.78, 5) is 2.29. The normalized spacial score (nSPS) is 30.8. The van der Waals surface area contributed by atoms with Gasteiger partial charge >= 0.3 is 0 Å². The highest BCUT2D eigenvalue weighted by Gasteiger charge is 2.22. The lowest BCUT2D eigenvalue weighted by atomic mass is 10.3. The monoisotopic (exact) mass is 170 g/mol. The Kier molecular flexibility index (Phi) is 2.48. The minimum absolute atomic E-state index is 0.122. The molecule has 1 saturated heterocycles. The van der Waals surface area contributed by atoms with Crippen LogP contribution in [0.2, 0.25) is 0 Å². The van der Waals surface area contributed by atoms with Crippen molar-refractivity contribution < 1.29 is 9.47 Å². The van der Waals surface area contributed by atoms with Crippen molar-refractivity contribution in [2.24, 2.45) is 0 Å². The van der Waals surface area contributed by atoms with Gasteiger partial charge in [0.2, 0.25) is 0 Å². The molecule has 0 saturated carbocycles. The first-order valence-electron chi connectivity index (χ1n) is 4.34. The maximum Gasteiger partial charge on any atom is 0.186 e. The first-order valence-corrected chi connectivity index (χ1v) is 4.34. The molecule has 1 N–H and O–H groups in total. The Morgan fingerprint density at radius 2 is 2.08 bits per heavy atom. The summed E-state index contributed by atoms with van der Waals surface area (Å²) in [6, 6.07) is 0. The summed E-state index contributed by atoms with van der Waals surface area (Å²) < 4.78 is 10.6. The second kappa shape index (κ2) is 3.78. The molecule has 1 fully saturated rings. The molecule has 4 nitrogen and oxygen atoms in total. The summed E-state index contributed by atoms with van der Waals surface area (Å²) in [7, 11) is 0. The van der Waals surface area contributed by atoms with Crippen LogP contribution in [0.5, 0.6) is 0 Å². The fourth-order valence-corrected chi connectivity index (χ4v) is 1.50. The molecule has 1 unspecified atom stereocenters. The van der Waals surface area contributed by atoms with Gasteiger partial charge in [0.25, 0.3) is 0 Å². The topological polar surface area (TPSA) is 33.7 Å². The van der Waals surface area contributed by atoms with Gasteiger partial charge in [0.05, 0.1) is 0 Å². The van der Waals surface area contributed by atoms with Crippen molar-refractivity contribution in [3.8, 4) is 0 Å². The van der Waals surface area contributed by atoms with Gasteiger partial charge in [-0.2, -0.15) is 0 Å². The van der Waals surface area contributed by atoms with E-state index in [0.717, 1.165) is 26.2 Å². The SMILES string of the molecule is C1=COC(N2CCNCC2)CO1. The van der Waals surface area contributed by atoms with E-state index in [9.17, 15) is 0 Å². The standard InChI is InChI=1S/C8H14N2O2/c1-3-10(4-2-9-1)8-7-11-5-6-12-8/h5-6,8-9H,1-4,7H2. The molecule has 1 atom stereocenters. The number of ether oxygens (including phenoxy) is 2. The third-order valence-electron chi connectivity index (χ3n) is 2.19. The Bertz CT molecular complexity index is 166. The Labute approximate surface area is 72.1 Å². The molecule has 2 aliphatic rings. The van der Waals surface area contributed by atoms with E-state index < -0.39 is 0 Å². The number of nitrogens with one attached hydrogen (secondary N) is 1. The number of hydrogen-bond acceptors (Lipinski definition) is 4. The van der Waals surface area contributed by atoms with Crippen molar-refractivity contribution in [3.05, 3.63) is 12.5 Å². The molecule has 0 aromatic heterocycles. The Morgan fingerprint density at radius 1 is 1.25 bits per heavy atom. The van der Waals surface area contributed by atoms with Gasteiger partial charge in [0.1, 0.15) is 19.1 Å². The van der Waals surface area contributed by atoms with Crippen molar-refractivity contribution in [1.29, 1.82) is 0 Å². The van der Waals surface area contributed by atoms with Gasteiger partial charge in [-0.1, -0.05) is 0 Å². The number of hydrogen-bond donors (Lipinski definition) is 1. The van der Waals surface area contributed by atoms with Crippen LogP contribution in [0.3, 0.4) is 0 Å². The molecule has 0 bridgehead atoms. The minimum atomic E-state index is 0.122. The summed E-state index contributed by atoms with van der Waals surface area (Å²) in [6.45, 7) is 4.83. The molecule has 0 amide bonds. The molecule has 2 rings (SSSR count). The number of nitrogens with zero attached hydrogens (tertiary/aromatic N) is 1. The first kappa shape index (κ1) is 7.89. The molecule has 2 heterocycles. The van der Waals surface area contributed by atoms with Crippen molar-refractivity contribution in [2.75, 3.05) is 32.8 Å². The van der Waals surface area contributed by atoms with Crippen LogP contribution in [0.25, 0.3) is 0 Å². The van der Waals surface area contributed by atoms with E-state index in [2.05, 4.69) is 10.2 Å². The van der Waals surface area contributed by atoms with Gasteiger partial charge in [-0.25, -0.2) is 0 Å². The first-order chi connectivity index (χ1) is 5.97. The van der Waals surface area contributed by atoms with E-state index in [1.807, 2.05) is 0 Å². The lowest BCUT2D eigenvalue weighted by Gasteiger charge is -2.34. The predicted molar refractivity (Wildman–Crippen MR) is 44.4 cm³/mol. The Morgan fingerprint density at radius 3 is 2.75 bits per heavy atom. The summed E-state index contributed by atoms with van der Waals surface area (Å²) >= 11 is 0. The lowest BCUT2D eigenvalue weighted by Crippen LogP contribution is -2.50. The van der Waals surface area contributed by atoms with Crippen LogP contribution in [0, 0.1) is 0 Å². The van der Waals surface area contributed by atoms with Gasteiger partial charge in [0, 0.05) is 26.2 Å². The fourth-order valence-electron chi connectivity index (χ4n) is 1.50. The highest BCUT2D eigenvalue weighted by atomic mass is 16.6. The van der Waals surface area contributed by atoms with Crippen molar-refractivity contribution in [2.45, 2.75) is 6.23 Å². The maximum atomic E-state index is 5.41. The summed E-state index contributed by atoms with van der Waals surface area (Å²) in [5.74, 6) is 0. The van der Waals surface area contributed by atoms with Gasteiger partial charge in [-0.3, -0.25) is 4.90 Å². The quantitative estimate of drug-likeness (QED) is 0.587. The van der Waals surface area contributed by atoms with E-state index in [0.29, 0.717) is 6.61 Å². The van der Waals surface area contributed by atoms with E-state index >= 15 is 0 Å². The highest BCUT2D eigenvalue weighted by Crippen LogP contribution is 2.08. The van der Waals surface area contributed by atoms with E-state index in [1.54, 1.807) is 12.5 Å². The maximum absolute atomic E-state index is 5.41. The van der Waals surface area contributed by atoms with E-state index in [1.165, 1.54) is 0 Å². The molecule has 12 heavy (non-hydrogen) atoms. The van der Waals surface area contributed by atoms with E-state index in [4.69, 9.17) is 9.47 Å². The summed E-state index contributed by atoms with van der Waals surface area (Å²) in [5, 5.41) is 3.30. The van der Waals surface area contributed by atoms with Gasteiger partial charge < -0.3 is 14.8 Å². The van der Waals surface area contributed by atoms with Gasteiger partial charge in [0.15, 0.2) is 6.23 Å². The summed E-state index contributed by atoms with van der Waals surface area (Å²) in [5.41, 5.74) is 0. The Balaban J connectivity index is 1.85. The largest absolute Gasteiger partial charge is 0.493 e. The molecule has 0 aromatic rings. The molecule has 0 radical (unpaired) electrons. The smallest absolute Gasteiger partial charge is 0.186 e. The average Bonchev–Trinajstić information content (AvgIpc) is 2.21. The number of piperazine rings is 1. The van der Waals surface area contributed by atoms with Crippen LogP contribution < -0.4 is 5.32 Å². The molecular weight excluding hydrogens is 156 g/mol. The Hall–Kier alpha value is -0.740. The zero-order valence-corrected chi connectivity index (χ0v) is 7.03. The fraction of sp³-hybridized carbons (Fsp3) is 0.750.